The van der Waals surface area contributed by atoms with Crippen molar-refractivity contribution >= 4 is 15.8 Å². The van der Waals surface area contributed by atoms with E-state index in [4.69, 9.17) is 15.2 Å². The SMILES string of the molecule is COC(=O)c1cc(OCCN)cc(-c2ccc(S(C)(=O)=O)cc2)c1. The summed E-state index contributed by atoms with van der Waals surface area (Å²) in [6.07, 6.45) is 1.15. The molecule has 0 aliphatic rings. The average Bonchev–Trinajstić information content (AvgIpc) is 2.58. The van der Waals surface area contributed by atoms with E-state index in [0.29, 0.717) is 30.0 Å². The molecule has 0 aliphatic heterocycles. The van der Waals surface area contributed by atoms with E-state index in [2.05, 4.69) is 0 Å². The summed E-state index contributed by atoms with van der Waals surface area (Å²) in [5.74, 6) is 0.00717. The summed E-state index contributed by atoms with van der Waals surface area (Å²) in [7, 11) is -1.96. The first-order chi connectivity index (χ1) is 11.3. The number of hydrogen-bond donors (Lipinski definition) is 1. The van der Waals surface area contributed by atoms with Crippen LogP contribution in [0.25, 0.3) is 11.1 Å². The van der Waals surface area contributed by atoms with Gasteiger partial charge in [-0.25, -0.2) is 13.2 Å². The van der Waals surface area contributed by atoms with Crippen molar-refractivity contribution in [3.63, 3.8) is 0 Å². The predicted octanol–water partition coefficient (Wildman–Crippen LogP) is 1.88. The lowest BCUT2D eigenvalue weighted by Crippen LogP contribution is -2.11. The van der Waals surface area contributed by atoms with Crippen LogP contribution in [-0.2, 0) is 14.6 Å². The molecule has 2 aromatic rings. The summed E-state index contributed by atoms with van der Waals surface area (Å²) in [5, 5.41) is 0. The summed E-state index contributed by atoms with van der Waals surface area (Å²) in [6, 6.07) is 11.4. The van der Waals surface area contributed by atoms with E-state index in [1.165, 1.54) is 19.2 Å². The van der Waals surface area contributed by atoms with Crippen LogP contribution in [0, 0.1) is 0 Å². The fourth-order valence-electron chi connectivity index (χ4n) is 2.16. The fraction of sp³-hybridized carbons (Fsp3) is 0.235. The van der Waals surface area contributed by atoms with Crippen LogP contribution in [0.2, 0.25) is 0 Å². The molecule has 6 nitrogen and oxygen atoms in total. The third kappa shape index (κ3) is 4.33. The van der Waals surface area contributed by atoms with Crippen LogP contribution in [0.1, 0.15) is 10.4 Å². The highest BCUT2D eigenvalue weighted by Gasteiger charge is 2.12. The zero-order valence-electron chi connectivity index (χ0n) is 13.5. The van der Waals surface area contributed by atoms with Gasteiger partial charge in [-0.3, -0.25) is 0 Å². The van der Waals surface area contributed by atoms with Crippen LogP contribution in [0.15, 0.2) is 47.4 Å². The molecule has 0 spiro atoms. The first-order valence-electron chi connectivity index (χ1n) is 7.22. The van der Waals surface area contributed by atoms with Gasteiger partial charge in [0.1, 0.15) is 12.4 Å². The van der Waals surface area contributed by atoms with E-state index in [1.54, 1.807) is 30.3 Å². The van der Waals surface area contributed by atoms with Gasteiger partial charge in [-0.2, -0.15) is 0 Å². The van der Waals surface area contributed by atoms with Crippen LogP contribution >= 0.6 is 0 Å². The Bertz CT molecular complexity index is 829. The molecular weight excluding hydrogens is 330 g/mol. The van der Waals surface area contributed by atoms with Gasteiger partial charge in [-0.15, -0.1) is 0 Å². The van der Waals surface area contributed by atoms with Gasteiger partial charge in [0, 0.05) is 12.8 Å². The summed E-state index contributed by atoms with van der Waals surface area (Å²) >= 11 is 0. The van der Waals surface area contributed by atoms with E-state index in [-0.39, 0.29) is 4.90 Å². The number of carbonyl (C=O) groups excluding carboxylic acids is 1. The van der Waals surface area contributed by atoms with E-state index >= 15 is 0 Å². The van der Waals surface area contributed by atoms with Gasteiger partial charge in [0.2, 0.25) is 0 Å². The topological polar surface area (TPSA) is 95.7 Å². The number of sulfone groups is 1. The van der Waals surface area contributed by atoms with Crippen LogP contribution in [0.5, 0.6) is 5.75 Å². The summed E-state index contributed by atoms with van der Waals surface area (Å²) in [6.45, 7) is 0.665. The van der Waals surface area contributed by atoms with E-state index in [1.807, 2.05) is 0 Å². The molecule has 24 heavy (non-hydrogen) atoms. The van der Waals surface area contributed by atoms with E-state index in [0.717, 1.165) is 11.8 Å². The fourth-order valence-corrected chi connectivity index (χ4v) is 2.79. The molecule has 128 valence electrons. The Morgan fingerprint density at radius 2 is 1.75 bits per heavy atom. The van der Waals surface area contributed by atoms with Gasteiger partial charge in [0.05, 0.1) is 17.6 Å². The molecule has 0 atom stereocenters. The molecule has 2 aromatic carbocycles. The maximum atomic E-state index is 11.8. The number of carbonyl (C=O) groups is 1. The van der Waals surface area contributed by atoms with E-state index < -0.39 is 15.8 Å². The lowest BCUT2D eigenvalue weighted by atomic mass is 10.0. The quantitative estimate of drug-likeness (QED) is 0.800. The largest absolute Gasteiger partial charge is 0.492 e. The second kappa shape index (κ2) is 7.46. The molecule has 0 heterocycles. The molecule has 0 radical (unpaired) electrons. The van der Waals surface area contributed by atoms with Crippen molar-refractivity contribution in [1.29, 1.82) is 0 Å². The lowest BCUT2D eigenvalue weighted by molar-refractivity contribution is 0.0600. The highest BCUT2D eigenvalue weighted by molar-refractivity contribution is 7.90. The summed E-state index contributed by atoms with van der Waals surface area (Å²) in [4.78, 5) is 12.1. The van der Waals surface area contributed by atoms with Crippen molar-refractivity contribution in [2.75, 3.05) is 26.5 Å². The van der Waals surface area contributed by atoms with Crippen LogP contribution < -0.4 is 10.5 Å². The Balaban J connectivity index is 2.46. The number of ether oxygens (including phenoxy) is 2. The minimum absolute atomic E-state index is 0.231. The maximum absolute atomic E-state index is 11.8. The Morgan fingerprint density at radius 1 is 1.08 bits per heavy atom. The number of rotatable bonds is 6. The third-order valence-electron chi connectivity index (χ3n) is 3.33. The van der Waals surface area contributed by atoms with Gasteiger partial charge >= 0.3 is 5.97 Å². The highest BCUT2D eigenvalue weighted by Crippen LogP contribution is 2.27. The Labute approximate surface area is 141 Å². The number of methoxy groups -OCH3 is 1. The second-order valence-electron chi connectivity index (χ2n) is 5.17. The first-order valence-corrected chi connectivity index (χ1v) is 9.11. The van der Waals surface area contributed by atoms with Crippen molar-refractivity contribution in [3.8, 4) is 16.9 Å². The number of benzene rings is 2. The summed E-state index contributed by atoms with van der Waals surface area (Å²) in [5.41, 5.74) is 7.24. The smallest absolute Gasteiger partial charge is 0.338 e. The zero-order chi connectivity index (χ0) is 17.7. The molecule has 0 bridgehead atoms. The van der Waals surface area contributed by atoms with Crippen molar-refractivity contribution in [1.82, 2.24) is 0 Å². The molecule has 0 amide bonds. The van der Waals surface area contributed by atoms with E-state index in [9.17, 15) is 13.2 Å². The Hall–Kier alpha value is -2.38. The summed E-state index contributed by atoms with van der Waals surface area (Å²) < 4.78 is 33.3. The standard InChI is InChI=1S/C17H19NO5S/c1-22-17(19)14-9-13(10-15(11-14)23-8-7-18)12-3-5-16(6-4-12)24(2,20)21/h3-6,9-11H,7-8,18H2,1-2H3. The lowest BCUT2D eigenvalue weighted by Gasteiger charge is -2.10. The molecule has 0 unspecified atom stereocenters. The molecule has 0 fully saturated rings. The normalized spacial score (nSPS) is 11.1. The minimum atomic E-state index is -3.26. The molecule has 7 heteroatoms. The third-order valence-corrected chi connectivity index (χ3v) is 4.46. The van der Waals surface area contributed by atoms with Crippen LogP contribution in [-0.4, -0.2) is 40.9 Å². The highest BCUT2D eigenvalue weighted by atomic mass is 32.2. The number of esters is 1. The number of hydrogen-bond acceptors (Lipinski definition) is 6. The molecule has 0 aliphatic carbocycles. The van der Waals surface area contributed by atoms with Gasteiger partial charge in [0.25, 0.3) is 0 Å². The first kappa shape index (κ1) is 18.0. The Kier molecular flexibility index (Phi) is 5.58. The monoisotopic (exact) mass is 349 g/mol. The predicted molar refractivity (Wildman–Crippen MR) is 90.9 cm³/mol. The molecule has 0 aromatic heterocycles. The number of nitrogens with two attached hydrogens (primary N) is 1. The second-order valence-corrected chi connectivity index (χ2v) is 7.19. The van der Waals surface area contributed by atoms with Crippen LogP contribution in [0.3, 0.4) is 0 Å². The average molecular weight is 349 g/mol. The van der Waals surface area contributed by atoms with Crippen molar-refractivity contribution in [3.05, 3.63) is 48.0 Å². The zero-order valence-corrected chi connectivity index (χ0v) is 14.3. The molecular formula is C17H19NO5S. The molecule has 0 saturated heterocycles. The Morgan fingerprint density at radius 3 is 2.29 bits per heavy atom. The maximum Gasteiger partial charge on any atom is 0.338 e. The van der Waals surface area contributed by atoms with Gasteiger partial charge < -0.3 is 15.2 Å². The minimum Gasteiger partial charge on any atom is -0.492 e. The van der Waals surface area contributed by atoms with Crippen molar-refractivity contribution in [2.45, 2.75) is 4.90 Å². The van der Waals surface area contributed by atoms with Crippen molar-refractivity contribution < 1.29 is 22.7 Å². The van der Waals surface area contributed by atoms with Crippen LogP contribution in [0.4, 0.5) is 0 Å². The van der Waals surface area contributed by atoms with Gasteiger partial charge in [-0.05, 0) is 41.5 Å². The molecule has 2 rings (SSSR count). The molecule has 2 N–H and O–H groups in total. The van der Waals surface area contributed by atoms with Gasteiger partial charge in [0.15, 0.2) is 9.84 Å². The molecule has 0 saturated carbocycles. The van der Waals surface area contributed by atoms with Crippen molar-refractivity contribution in [2.24, 2.45) is 5.73 Å². The van der Waals surface area contributed by atoms with Gasteiger partial charge in [-0.1, -0.05) is 12.1 Å².